The first-order chi connectivity index (χ1) is 9.70. The van der Waals surface area contributed by atoms with E-state index in [9.17, 15) is 14.3 Å². The van der Waals surface area contributed by atoms with Crippen molar-refractivity contribution in [2.75, 3.05) is 0 Å². The van der Waals surface area contributed by atoms with Gasteiger partial charge in [0.25, 0.3) is 0 Å². The molecule has 0 fully saturated rings. The molecule has 2 rings (SSSR count). The first-order valence-corrected chi connectivity index (χ1v) is 6.62. The van der Waals surface area contributed by atoms with Gasteiger partial charge in [0.15, 0.2) is 5.69 Å². The molecule has 0 atom stereocenters. The number of benzene rings is 1. The molecule has 21 heavy (non-hydrogen) atoms. The molecule has 1 aromatic heterocycles. The first kappa shape index (κ1) is 15.2. The number of aromatic nitrogens is 3. The van der Waals surface area contributed by atoms with Crippen LogP contribution >= 0.6 is 0 Å². The molecule has 1 aromatic carbocycles. The number of carboxylic acids is 1. The maximum atomic E-state index is 13.4. The van der Waals surface area contributed by atoms with E-state index in [2.05, 4.69) is 10.3 Å². The summed E-state index contributed by atoms with van der Waals surface area (Å²) >= 11 is 0. The summed E-state index contributed by atoms with van der Waals surface area (Å²) in [5, 5.41) is 16.9. The predicted molar refractivity (Wildman–Crippen MR) is 75.9 cm³/mol. The quantitative estimate of drug-likeness (QED) is 0.944. The van der Waals surface area contributed by atoms with Crippen LogP contribution in [0.15, 0.2) is 18.2 Å². The van der Waals surface area contributed by atoms with Gasteiger partial charge in [-0.05, 0) is 30.2 Å². The van der Waals surface area contributed by atoms with Crippen LogP contribution in [0.25, 0.3) is 0 Å². The minimum atomic E-state index is -1.11. The Morgan fingerprint density at radius 3 is 2.62 bits per heavy atom. The van der Waals surface area contributed by atoms with Crippen LogP contribution in [-0.4, -0.2) is 26.1 Å². The van der Waals surface area contributed by atoms with Crippen molar-refractivity contribution in [2.45, 2.75) is 39.7 Å². The van der Waals surface area contributed by atoms with Gasteiger partial charge in [0.1, 0.15) is 5.82 Å². The number of aromatic carboxylic acids is 1. The maximum Gasteiger partial charge on any atom is 0.358 e. The number of rotatable bonds is 3. The molecule has 2 aromatic rings. The zero-order valence-electron chi connectivity index (χ0n) is 12.5. The number of halogens is 1. The number of carbonyl (C=O) groups is 1. The van der Waals surface area contributed by atoms with E-state index in [-0.39, 0.29) is 18.1 Å². The van der Waals surface area contributed by atoms with Gasteiger partial charge in [-0.25, -0.2) is 13.9 Å². The smallest absolute Gasteiger partial charge is 0.358 e. The summed E-state index contributed by atoms with van der Waals surface area (Å²) in [6.07, 6.45) is 0. The van der Waals surface area contributed by atoms with Gasteiger partial charge in [-0.1, -0.05) is 32.1 Å². The molecule has 1 heterocycles. The zero-order valence-corrected chi connectivity index (χ0v) is 12.5. The van der Waals surface area contributed by atoms with Gasteiger partial charge >= 0.3 is 5.97 Å². The molecule has 112 valence electrons. The van der Waals surface area contributed by atoms with Crippen molar-refractivity contribution in [3.63, 3.8) is 0 Å². The summed E-state index contributed by atoms with van der Waals surface area (Å²) in [7, 11) is 0. The largest absolute Gasteiger partial charge is 0.476 e. The fourth-order valence-corrected chi connectivity index (χ4v) is 2.28. The minimum Gasteiger partial charge on any atom is -0.476 e. The Morgan fingerprint density at radius 1 is 1.38 bits per heavy atom. The van der Waals surface area contributed by atoms with Crippen LogP contribution in [0.5, 0.6) is 0 Å². The Hall–Kier alpha value is -2.24. The van der Waals surface area contributed by atoms with Gasteiger partial charge in [0.2, 0.25) is 0 Å². The van der Waals surface area contributed by atoms with Crippen molar-refractivity contribution < 1.29 is 14.3 Å². The number of aryl methyl sites for hydroxylation is 1. The second-order valence-corrected chi connectivity index (χ2v) is 6.07. The maximum absolute atomic E-state index is 13.4. The number of hydrogen-bond acceptors (Lipinski definition) is 3. The van der Waals surface area contributed by atoms with Gasteiger partial charge in [-0.15, -0.1) is 5.10 Å². The average molecular weight is 291 g/mol. The zero-order chi connectivity index (χ0) is 15.8. The topological polar surface area (TPSA) is 68.0 Å². The molecule has 6 heteroatoms. The van der Waals surface area contributed by atoms with Crippen molar-refractivity contribution in [2.24, 2.45) is 0 Å². The SMILES string of the molecule is Cc1ccc(F)cc1Cn1nnc(C(=O)O)c1C(C)(C)C. The van der Waals surface area contributed by atoms with Crippen LogP contribution in [0.3, 0.4) is 0 Å². The van der Waals surface area contributed by atoms with E-state index < -0.39 is 11.4 Å². The molecule has 0 aliphatic rings. The van der Waals surface area contributed by atoms with Crippen LogP contribution in [0.2, 0.25) is 0 Å². The van der Waals surface area contributed by atoms with Crippen molar-refractivity contribution in [1.29, 1.82) is 0 Å². The van der Waals surface area contributed by atoms with Crippen LogP contribution in [0.4, 0.5) is 4.39 Å². The molecular weight excluding hydrogens is 273 g/mol. The van der Waals surface area contributed by atoms with E-state index in [0.717, 1.165) is 11.1 Å². The van der Waals surface area contributed by atoms with E-state index >= 15 is 0 Å². The predicted octanol–water partition coefficient (Wildman–Crippen LogP) is 2.77. The molecule has 0 radical (unpaired) electrons. The second kappa shape index (κ2) is 5.27. The van der Waals surface area contributed by atoms with E-state index in [1.54, 1.807) is 6.07 Å². The fourth-order valence-electron chi connectivity index (χ4n) is 2.28. The third kappa shape index (κ3) is 3.09. The van der Waals surface area contributed by atoms with Crippen LogP contribution < -0.4 is 0 Å². The van der Waals surface area contributed by atoms with Gasteiger partial charge in [-0.2, -0.15) is 0 Å². The van der Waals surface area contributed by atoms with Crippen molar-refractivity contribution in [1.82, 2.24) is 15.0 Å². The first-order valence-electron chi connectivity index (χ1n) is 6.62. The van der Waals surface area contributed by atoms with Gasteiger partial charge in [0.05, 0.1) is 12.2 Å². The fraction of sp³-hybridized carbons (Fsp3) is 0.400. The highest BCUT2D eigenvalue weighted by molar-refractivity contribution is 5.86. The third-order valence-electron chi connectivity index (χ3n) is 3.28. The van der Waals surface area contributed by atoms with Crippen molar-refractivity contribution in [3.05, 3.63) is 46.5 Å². The molecule has 0 bridgehead atoms. The average Bonchev–Trinajstić information content (AvgIpc) is 2.77. The summed E-state index contributed by atoms with van der Waals surface area (Å²) < 4.78 is 14.9. The Morgan fingerprint density at radius 2 is 2.05 bits per heavy atom. The molecule has 0 saturated carbocycles. The standard InChI is InChI=1S/C15H18FN3O2/c1-9-5-6-11(16)7-10(9)8-19-13(15(2,3)4)12(14(20)21)17-18-19/h5-7H,8H2,1-4H3,(H,20,21). The Balaban J connectivity index is 2.50. The van der Waals surface area contributed by atoms with Gasteiger partial charge in [-0.3, -0.25) is 0 Å². The molecule has 0 amide bonds. The lowest BCUT2D eigenvalue weighted by molar-refractivity contribution is 0.0687. The van der Waals surface area contributed by atoms with Crippen LogP contribution in [-0.2, 0) is 12.0 Å². The highest BCUT2D eigenvalue weighted by atomic mass is 19.1. The molecule has 0 unspecified atom stereocenters. The Labute approximate surface area is 122 Å². The summed E-state index contributed by atoms with van der Waals surface area (Å²) in [4.78, 5) is 11.3. The number of nitrogens with zero attached hydrogens (tertiary/aromatic N) is 3. The van der Waals surface area contributed by atoms with Crippen molar-refractivity contribution in [3.8, 4) is 0 Å². The Bertz CT molecular complexity index is 687. The molecule has 0 saturated heterocycles. The molecular formula is C15H18FN3O2. The monoisotopic (exact) mass is 291 g/mol. The van der Waals surface area contributed by atoms with Crippen LogP contribution in [0, 0.1) is 12.7 Å². The molecule has 0 aliphatic heterocycles. The molecule has 0 spiro atoms. The minimum absolute atomic E-state index is 0.0587. The summed E-state index contributed by atoms with van der Waals surface area (Å²) in [5.41, 5.74) is 1.71. The van der Waals surface area contributed by atoms with E-state index in [0.29, 0.717) is 5.69 Å². The summed E-state index contributed by atoms with van der Waals surface area (Å²) in [6, 6.07) is 4.52. The lowest BCUT2D eigenvalue weighted by Crippen LogP contribution is -2.22. The Kier molecular flexibility index (Phi) is 3.80. The highest BCUT2D eigenvalue weighted by Gasteiger charge is 2.29. The van der Waals surface area contributed by atoms with Gasteiger partial charge < -0.3 is 5.11 Å². The van der Waals surface area contributed by atoms with Gasteiger partial charge in [0, 0.05) is 5.41 Å². The highest BCUT2D eigenvalue weighted by Crippen LogP contribution is 2.25. The molecule has 1 N–H and O–H groups in total. The number of hydrogen-bond donors (Lipinski definition) is 1. The van der Waals surface area contributed by atoms with Crippen molar-refractivity contribution >= 4 is 5.97 Å². The molecule has 0 aliphatic carbocycles. The second-order valence-electron chi connectivity index (χ2n) is 6.07. The summed E-state index contributed by atoms with van der Waals surface area (Å²) in [6.45, 7) is 7.85. The number of carboxylic acid groups (broad SMARTS) is 1. The lowest BCUT2D eigenvalue weighted by Gasteiger charge is -2.20. The third-order valence-corrected chi connectivity index (χ3v) is 3.28. The van der Waals surface area contributed by atoms with E-state index in [1.165, 1.54) is 16.8 Å². The van der Waals surface area contributed by atoms with E-state index in [1.807, 2.05) is 27.7 Å². The lowest BCUT2D eigenvalue weighted by atomic mass is 9.90. The normalized spacial score (nSPS) is 11.7. The van der Waals surface area contributed by atoms with Crippen LogP contribution in [0.1, 0.15) is 48.1 Å². The molecule has 5 nitrogen and oxygen atoms in total. The summed E-state index contributed by atoms with van der Waals surface area (Å²) in [5.74, 6) is -1.44. The van der Waals surface area contributed by atoms with E-state index in [4.69, 9.17) is 0 Å².